The van der Waals surface area contributed by atoms with E-state index in [0.29, 0.717) is 5.56 Å². The normalized spacial score (nSPS) is 14.2. The fraction of sp³-hybridized carbons (Fsp3) is 0.385. The van der Waals surface area contributed by atoms with Gasteiger partial charge in [-0.15, -0.1) is 0 Å². The molecule has 0 heterocycles. The Morgan fingerprint density at radius 1 is 0.784 bits per heavy atom. The molecule has 8 N–H and O–H groups in total. The minimum absolute atomic E-state index is 0.0250. The smallest absolute Gasteiger partial charge is 0.326 e. The summed E-state index contributed by atoms with van der Waals surface area (Å²) in [5.41, 5.74) is 6.85. The molecular formula is C26H34N4O7. The summed E-state index contributed by atoms with van der Waals surface area (Å²) in [5, 5.41) is 35.9. The van der Waals surface area contributed by atoms with Crippen molar-refractivity contribution < 1.29 is 34.5 Å². The molecule has 200 valence electrons. The number of nitrogens with two attached hydrogens (primary N) is 1. The van der Waals surface area contributed by atoms with Crippen LogP contribution in [0, 0.1) is 5.92 Å². The average molecular weight is 515 g/mol. The highest BCUT2D eigenvalue weighted by atomic mass is 16.4. The van der Waals surface area contributed by atoms with Gasteiger partial charge in [-0.2, -0.15) is 0 Å². The lowest BCUT2D eigenvalue weighted by molar-refractivity contribution is -0.142. The van der Waals surface area contributed by atoms with E-state index in [1.165, 1.54) is 12.1 Å². The number of nitrogens with one attached hydrogen (secondary N) is 3. The Hall–Kier alpha value is -3.96. The van der Waals surface area contributed by atoms with Crippen LogP contribution in [0.1, 0.15) is 25.0 Å². The molecule has 2 rings (SSSR count). The van der Waals surface area contributed by atoms with Crippen molar-refractivity contribution >= 4 is 23.7 Å². The minimum Gasteiger partial charge on any atom is -0.508 e. The van der Waals surface area contributed by atoms with Crippen LogP contribution >= 0.6 is 0 Å². The van der Waals surface area contributed by atoms with Gasteiger partial charge in [-0.25, -0.2) is 4.79 Å². The number of carboxylic acid groups (broad SMARTS) is 1. The molecule has 11 heteroatoms. The minimum atomic E-state index is -1.30. The number of hydrogen-bond acceptors (Lipinski definition) is 7. The predicted octanol–water partition coefficient (Wildman–Crippen LogP) is -0.308. The number of aromatic hydroxyl groups is 1. The molecule has 0 spiro atoms. The third-order valence-electron chi connectivity index (χ3n) is 5.69. The second-order valence-corrected chi connectivity index (χ2v) is 9.04. The first-order chi connectivity index (χ1) is 17.5. The van der Waals surface area contributed by atoms with E-state index in [2.05, 4.69) is 16.0 Å². The van der Waals surface area contributed by atoms with Crippen molar-refractivity contribution in [1.82, 2.24) is 16.0 Å². The van der Waals surface area contributed by atoms with Crippen molar-refractivity contribution in [3.63, 3.8) is 0 Å². The number of amides is 3. The number of phenolic OH excluding ortho intramolecular Hbond substituents is 1. The molecule has 37 heavy (non-hydrogen) atoms. The molecule has 11 nitrogen and oxygen atoms in total. The summed E-state index contributed by atoms with van der Waals surface area (Å²) in [6.07, 6.45) is 0.0238. The van der Waals surface area contributed by atoms with Crippen molar-refractivity contribution in [3.05, 3.63) is 65.7 Å². The largest absolute Gasteiger partial charge is 0.508 e. The summed E-state index contributed by atoms with van der Waals surface area (Å²) in [6, 6.07) is 10.1. The third-order valence-corrected chi connectivity index (χ3v) is 5.69. The van der Waals surface area contributed by atoms with Gasteiger partial charge in [0, 0.05) is 12.8 Å². The van der Waals surface area contributed by atoms with Crippen molar-refractivity contribution in [1.29, 1.82) is 0 Å². The van der Waals surface area contributed by atoms with Gasteiger partial charge in [-0.1, -0.05) is 56.3 Å². The van der Waals surface area contributed by atoms with Gasteiger partial charge in [0.15, 0.2) is 0 Å². The van der Waals surface area contributed by atoms with E-state index in [1.807, 2.05) is 0 Å². The second kappa shape index (κ2) is 14.0. The Morgan fingerprint density at radius 2 is 1.32 bits per heavy atom. The fourth-order valence-electron chi connectivity index (χ4n) is 3.54. The summed E-state index contributed by atoms with van der Waals surface area (Å²) in [4.78, 5) is 50.4. The number of phenols is 1. The maximum absolute atomic E-state index is 13.2. The zero-order chi connectivity index (χ0) is 27.5. The van der Waals surface area contributed by atoms with Crippen LogP contribution in [-0.4, -0.2) is 69.8 Å². The van der Waals surface area contributed by atoms with Crippen LogP contribution in [0.4, 0.5) is 0 Å². The molecule has 4 atom stereocenters. The van der Waals surface area contributed by atoms with Gasteiger partial charge >= 0.3 is 5.97 Å². The standard InChI is InChI=1S/C26H34N4O7/c1-15(2)22(30-23(33)19(27)14-31)25(35)28-20(12-16-6-4-3-5-7-16)24(34)29-21(26(36)37)13-17-8-10-18(32)11-9-17/h3-11,15,19-22,31-32H,12-14,27H2,1-2H3,(H,28,35)(H,29,34)(H,30,33)(H,36,37). The van der Waals surface area contributed by atoms with Gasteiger partial charge in [0.25, 0.3) is 0 Å². The molecule has 0 aliphatic rings. The Morgan fingerprint density at radius 3 is 1.86 bits per heavy atom. The number of carbonyl (C=O) groups excluding carboxylic acids is 3. The Bertz CT molecular complexity index is 1060. The number of rotatable bonds is 13. The van der Waals surface area contributed by atoms with Gasteiger partial charge in [0.1, 0.15) is 29.9 Å². The van der Waals surface area contributed by atoms with Crippen LogP contribution in [0.15, 0.2) is 54.6 Å². The molecule has 0 fully saturated rings. The van der Waals surface area contributed by atoms with E-state index in [0.717, 1.165) is 5.56 Å². The van der Waals surface area contributed by atoms with Gasteiger partial charge in [-0.05, 0) is 29.2 Å². The number of aliphatic hydroxyl groups is 1. The maximum atomic E-state index is 13.2. The lowest BCUT2D eigenvalue weighted by Crippen LogP contribution is -2.59. The zero-order valence-electron chi connectivity index (χ0n) is 20.8. The Labute approximate surface area is 215 Å². The van der Waals surface area contributed by atoms with Gasteiger partial charge in [0.2, 0.25) is 17.7 Å². The number of hydrogen-bond donors (Lipinski definition) is 7. The summed E-state index contributed by atoms with van der Waals surface area (Å²) < 4.78 is 0. The highest BCUT2D eigenvalue weighted by Gasteiger charge is 2.31. The summed E-state index contributed by atoms with van der Waals surface area (Å²) in [6.45, 7) is 2.79. The molecule has 0 aliphatic carbocycles. The first-order valence-corrected chi connectivity index (χ1v) is 11.8. The van der Waals surface area contributed by atoms with E-state index in [4.69, 9.17) is 10.8 Å². The van der Waals surface area contributed by atoms with E-state index in [-0.39, 0.29) is 24.5 Å². The summed E-state index contributed by atoms with van der Waals surface area (Å²) in [5.74, 6) is -3.72. The lowest BCUT2D eigenvalue weighted by Gasteiger charge is -2.27. The molecule has 0 aliphatic heterocycles. The maximum Gasteiger partial charge on any atom is 0.326 e. The topological polar surface area (TPSA) is 191 Å². The Balaban J connectivity index is 2.23. The third kappa shape index (κ3) is 9.21. The Kier molecular flexibility index (Phi) is 11.0. The molecule has 2 aromatic carbocycles. The number of benzene rings is 2. The van der Waals surface area contributed by atoms with Crippen molar-refractivity contribution in [3.8, 4) is 5.75 Å². The van der Waals surface area contributed by atoms with Crippen LogP contribution in [0.3, 0.4) is 0 Å². The average Bonchev–Trinajstić information content (AvgIpc) is 2.87. The molecule has 0 saturated carbocycles. The number of aliphatic carboxylic acids is 1. The molecule has 0 saturated heterocycles. The molecular weight excluding hydrogens is 480 g/mol. The monoisotopic (exact) mass is 514 g/mol. The summed E-state index contributed by atoms with van der Waals surface area (Å²) in [7, 11) is 0. The van der Waals surface area contributed by atoms with Crippen molar-refractivity contribution in [2.24, 2.45) is 11.7 Å². The highest BCUT2D eigenvalue weighted by Crippen LogP contribution is 2.12. The first-order valence-electron chi connectivity index (χ1n) is 11.8. The summed E-state index contributed by atoms with van der Waals surface area (Å²) >= 11 is 0. The number of carbonyl (C=O) groups is 4. The van der Waals surface area contributed by atoms with E-state index >= 15 is 0 Å². The molecule has 2 aromatic rings. The first kappa shape index (κ1) is 29.3. The van der Waals surface area contributed by atoms with Crippen LogP contribution in [-0.2, 0) is 32.0 Å². The van der Waals surface area contributed by atoms with Gasteiger partial charge in [-0.3, -0.25) is 14.4 Å². The quantitative estimate of drug-likeness (QED) is 0.189. The van der Waals surface area contributed by atoms with Gasteiger partial charge < -0.3 is 37.0 Å². The van der Waals surface area contributed by atoms with Crippen LogP contribution in [0.5, 0.6) is 5.75 Å². The number of aliphatic hydroxyl groups excluding tert-OH is 1. The van der Waals surface area contributed by atoms with Crippen molar-refractivity contribution in [2.45, 2.75) is 50.9 Å². The van der Waals surface area contributed by atoms with Crippen LogP contribution in [0.25, 0.3) is 0 Å². The lowest BCUT2D eigenvalue weighted by atomic mass is 10.00. The molecule has 0 bridgehead atoms. The second-order valence-electron chi connectivity index (χ2n) is 9.04. The van der Waals surface area contributed by atoms with E-state index < -0.39 is 54.5 Å². The molecule has 0 radical (unpaired) electrons. The number of carboxylic acids is 1. The molecule has 4 unspecified atom stereocenters. The highest BCUT2D eigenvalue weighted by molar-refractivity contribution is 5.94. The predicted molar refractivity (Wildman–Crippen MR) is 135 cm³/mol. The SMILES string of the molecule is CC(C)C(NC(=O)C(N)CO)C(=O)NC(Cc1ccccc1)C(=O)NC(Cc1ccc(O)cc1)C(=O)O. The zero-order valence-corrected chi connectivity index (χ0v) is 20.8. The molecule has 3 amide bonds. The van der Waals surface area contributed by atoms with Crippen LogP contribution in [0.2, 0.25) is 0 Å². The fourth-order valence-corrected chi connectivity index (χ4v) is 3.54. The van der Waals surface area contributed by atoms with Crippen molar-refractivity contribution in [2.75, 3.05) is 6.61 Å². The van der Waals surface area contributed by atoms with Gasteiger partial charge in [0.05, 0.1) is 6.61 Å². The van der Waals surface area contributed by atoms with E-state index in [1.54, 1.807) is 56.3 Å². The van der Waals surface area contributed by atoms with E-state index in [9.17, 15) is 29.4 Å². The van der Waals surface area contributed by atoms with Crippen LogP contribution < -0.4 is 21.7 Å². The molecule has 0 aromatic heterocycles.